The van der Waals surface area contributed by atoms with Gasteiger partial charge in [-0.15, -0.1) is 11.3 Å². The summed E-state index contributed by atoms with van der Waals surface area (Å²) < 4.78 is 1.07. The number of fused-ring (bicyclic) bond motifs is 1. The van der Waals surface area contributed by atoms with Crippen LogP contribution in [0.1, 0.15) is 27.7 Å². The fraction of sp³-hybridized carbons (Fsp3) is 0.211. The first-order valence-electron chi connectivity index (χ1n) is 8.02. The zero-order chi connectivity index (χ0) is 18.9. The van der Waals surface area contributed by atoms with E-state index in [4.69, 9.17) is 0 Å². The summed E-state index contributed by atoms with van der Waals surface area (Å²) in [6.45, 7) is 3.27. The number of rotatable bonds is 5. The number of hydrogen-bond donors (Lipinski definition) is 2. The van der Waals surface area contributed by atoms with Crippen LogP contribution < -0.4 is 5.32 Å². The Kier molecular flexibility index (Phi) is 4.76. The second-order valence-electron chi connectivity index (χ2n) is 6.36. The molecular weight excluding hydrogens is 352 g/mol. The molecule has 1 heterocycles. The maximum Gasteiger partial charge on any atom is 0.272 e. The number of nitrogens with one attached hydrogen (secondary N) is 1. The smallest absolute Gasteiger partial charge is 0.272 e. The fourth-order valence-electron chi connectivity index (χ4n) is 2.69. The van der Waals surface area contributed by atoms with Crippen molar-refractivity contribution in [1.29, 1.82) is 0 Å². The first kappa shape index (κ1) is 18.0. The number of aryl methyl sites for hydroxylation is 1. The van der Waals surface area contributed by atoms with Gasteiger partial charge in [-0.3, -0.25) is 14.9 Å². The van der Waals surface area contributed by atoms with Crippen LogP contribution in [0.3, 0.4) is 0 Å². The molecule has 6 nitrogen and oxygen atoms in total. The van der Waals surface area contributed by atoms with Crippen LogP contribution in [0.4, 0.5) is 5.69 Å². The van der Waals surface area contributed by atoms with Gasteiger partial charge in [-0.1, -0.05) is 18.2 Å². The molecule has 3 aromatic rings. The number of carbonyl (C=O) groups is 1. The number of amides is 1. The summed E-state index contributed by atoms with van der Waals surface area (Å²) in [5, 5.41) is 25.4. The summed E-state index contributed by atoms with van der Waals surface area (Å²) in [5.74, 6) is -0.385. The number of benzene rings is 2. The van der Waals surface area contributed by atoms with Crippen LogP contribution in [0.5, 0.6) is 0 Å². The monoisotopic (exact) mass is 370 g/mol. The van der Waals surface area contributed by atoms with Crippen LogP contribution in [0.15, 0.2) is 48.5 Å². The van der Waals surface area contributed by atoms with E-state index < -0.39 is 10.5 Å². The topological polar surface area (TPSA) is 92.5 Å². The predicted molar refractivity (Wildman–Crippen MR) is 102 cm³/mol. The van der Waals surface area contributed by atoms with Crippen molar-refractivity contribution in [3.05, 3.63) is 74.6 Å². The zero-order valence-corrected chi connectivity index (χ0v) is 15.2. The zero-order valence-electron chi connectivity index (χ0n) is 14.4. The Hall–Kier alpha value is -2.77. The predicted octanol–water partition coefficient (Wildman–Crippen LogP) is 3.76. The minimum absolute atomic E-state index is 0.0289. The number of hydrogen-bond acceptors (Lipinski definition) is 5. The van der Waals surface area contributed by atoms with E-state index in [1.165, 1.54) is 29.5 Å². The van der Waals surface area contributed by atoms with Crippen LogP contribution in [-0.4, -0.2) is 22.5 Å². The van der Waals surface area contributed by atoms with Gasteiger partial charge in [0.15, 0.2) is 0 Å². The molecule has 0 aliphatic carbocycles. The molecule has 0 aliphatic rings. The summed E-state index contributed by atoms with van der Waals surface area (Å²) in [6, 6.07) is 14.0. The third-order valence-corrected chi connectivity index (χ3v) is 5.57. The molecule has 134 valence electrons. The molecule has 1 atom stereocenters. The van der Waals surface area contributed by atoms with Gasteiger partial charge in [0.25, 0.3) is 11.6 Å². The molecule has 0 aliphatic heterocycles. The standard InChI is InChI=1S/C19H18N2O4S/c1-12-9-14(7-8-15(12)21(24)25)18(22)20-11-19(2,23)17-10-13-5-3-4-6-16(13)26-17/h3-10,23H,11H2,1-2H3,(H,20,22). The molecule has 0 spiro atoms. The van der Waals surface area contributed by atoms with Gasteiger partial charge in [0, 0.05) is 26.8 Å². The van der Waals surface area contributed by atoms with Crippen molar-refractivity contribution in [2.75, 3.05) is 6.54 Å². The van der Waals surface area contributed by atoms with E-state index in [0.717, 1.165) is 15.0 Å². The molecule has 2 N–H and O–H groups in total. The van der Waals surface area contributed by atoms with Crippen LogP contribution in [0.2, 0.25) is 0 Å². The van der Waals surface area contributed by atoms with E-state index in [1.54, 1.807) is 13.8 Å². The Bertz CT molecular complexity index is 961. The number of nitro benzene ring substituents is 1. The lowest BCUT2D eigenvalue weighted by Crippen LogP contribution is -2.38. The quantitative estimate of drug-likeness (QED) is 0.528. The maximum absolute atomic E-state index is 12.3. The summed E-state index contributed by atoms with van der Waals surface area (Å²) in [4.78, 5) is 23.5. The molecule has 0 saturated carbocycles. The van der Waals surface area contributed by atoms with E-state index in [9.17, 15) is 20.0 Å². The summed E-state index contributed by atoms with van der Waals surface area (Å²) in [5.41, 5.74) is -0.507. The Labute approximate surface area is 154 Å². The van der Waals surface area contributed by atoms with Crippen molar-refractivity contribution < 1.29 is 14.8 Å². The van der Waals surface area contributed by atoms with Gasteiger partial charge in [0.05, 0.1) is 11.5 Å². The largest absolute Gasteiger partial charge is 0.383 e. The highest BCUT2D eigenvalue weighted by Crippen LogP contribution is 2.32. The van der Waals surface area contributed by atoms with Gasteiger partial charge in [0.2, 0.25) is 0 Å². The van der Waals surface area contributed by atoms with Gasteiger partial charge < -0.3 is 10.4 Å². The average molecular weight is 370 g/mol. The number of aliphatic hydroxyl groups is 1. The third-order valence-electron chi connectivity index (χ3n) is 4.21. The van der Waals surface area contributed by atoms with Crippen molar-refractivity contribution >= 4 is 33.0 Å². The van der Waals surface area contributed by atoms with E-state index in [0.29, 0.717) is 11.1 Å². The van der Waals surface area contributed by atoms with Crippen molar-refractivity contribution in [3.8, 4) is 0 Å². The van der Waals surface area contributed by atoms with Crippen molar-refractivity contribution in [2.24, 2.45) is 0 Å². The van der Waals surface area contributed by atoms with Crippen LogP contribution in [-0.2, 0) is 5.60 Å². The second-order valence-corrected chi connectivity index (χ2v) is 7.45. The molecular formula is C19H18N2O4S. The second kappa shape index (κ2) is 6.86. The van der Waals surface area contributed by atoms with Crippen LogP contribution >= 0.6 is 11.3 Å². The molecule has 2 aromatic carbocycles. The number of nitro groups is 1. The number of carbonyl (C=O) groups excluding carboxylic acids is 1. The van der Waals surface area contributed by atoms with Crippen molar-refractivity contribution in [2.45, 2.75) is 19.4 Å². The molecule has 0 bridgehead atoms. The van der Waals surface area contributed by atoms with Crippen molar-refractivity contribution in [1.82, 2.24) is 5.32 Å². The van der Waals surface area contributed by atoms with E-state index in [-0.39, 0.29) is 18.1 Å². The van der Waals surface area contributed by atoms with Crippen molar-refractivity contribution in [3.63, 3.8) is 0 Å². The van der Waals surface area contributed by atoms with Gasteiger partial charge >= 0.3 is 0 Å². The van der Waals surface area contributed by atoms with Gasteiger partial charge in [-0.05, 0) is 43.5 Å². The number of thiophene rings is 1. The fourth-order valence-corrected chi connectivity index (χ4v) is 3.80. The summed E-state index contributed by atoms with van der Waals surface area (Å²) in [6.07, 6.45) is 0. The summed E-state index contributed by atoms with van der Waals surface area (Å²) >= 11 is 1.48. The Balaban J connectivity index is 1.73. The minimum atomic E-state index is -1.21. The highest BCUT2D eigenvalue weighted by Gasteiger charge is 2.26. The highest BCUT2D eigenvalue weighted by atomic mass is 32.1. The molecule has 0 fully saturated rings. The molecule has 3 rings (SSSR count). The summed E-state index contributed by atoms with van der Waals surface area (Å²) in [7, 11) is 0. The molecule has 1 amide bonds. The third kappa shape index (κ3) is 3.58. The lowest BCUT2D eigenvalue weighted by Gasteiger charge is -2.22. The lowest BCUT2D eigenvalue weighted by atomic mass is 10.0. The Morgan fingerprint density at radius 1 is 1.27 bits per heavy atom. The normalized spacial score (nSPS) is 13.3. The van der Waals surface area contributed by atoms with Gasteiger partial charge in [-0.2, -0.15) is 0 Å². The van der Waals surface area contributed by atoms with Crippen LogP contribution in [0, 0.1) is 17.0 Å². The average Bonchev–Trinajstić information content (AvgIpc) is 3.04. The Morgan fingerprint density at radius 3 is 2.65 bits per heavy atom. The van der Waals surface area contributed by atoms with Crippen LogP contribution in [0.25, 0.3) is 10.1 Å². The van der Waals surface area contributed by atoms with Gasteiger partial charge in [0.1, 0.15) is 5.60 Å². The molecule has 0 radical (unpaired) electrons. The van der Waals surface area contributed by atoms with E-state index in [1.807, 2.05) is 30.3 Å². The molecule has 26 heavy (non-hydrogen) atoms. The molecule has 0 saturated heterocycles. The maximum atomic E-state index is 12.3. The Morgan fingerprint density at radius 2 is 2.00 bits per heavy atom. The lowest BCUT2D eigenvalue weighted by molar-refractivity contribution is -0.385. The highest BCUT2D eigenvalue weighted by molar-refractivity contribution is 7.19. The van der Waals surface area contributed by atoms with E-state index >= 15 is 0 Å². The SMILES string of the molecule is Cc1cc(C(=O)NCC(C)(O)c2cc3ccccc3s2)ccc1[N+](=O)[O-]. The first-order valence-corrected chi connectivity index (χ1v) is 8.84. The first-order chi connectivity index (χ1) is 12.3. The molecule has 7 heteroatoms. The van der Waals surface area contributed by atoms with E-state index in [2.05, 4.69) is 5.32 Å². The number of nitrogens with zero attached hydrogens (tertiary/aromatic N) is 1. The van der Waals surface area contributed by atoms with Gasteiger partial charge in [-0.25, -0.2) is 0 Å². The molecule has 1 unspecified atom stereocenters. The minimum Gasteiger partial charge on any atom is -0.383 e. The molecule has 1 aromatic heterocycles.